The van der Waals surface area contributed by atoms with E-state index in [0.29, 0.717) is 0 Å². The second-order valence-electron chi connectivity index (χ2n) is 4.88. The molecule has 0 fully saturated rings. The zero-order chi connectivity index (χ0) is 14.2. The number of hydrogen-bond donors (Lipinski definition) is 1. The highest BCUT2D eigenvalue weighted by Gasteiger charge is 2.20. The summed E-state index contributed by atoms with van der Waals surface area (Å²) in [5.74, 6) is 0.132. The average molecular weight is 267 g/mol. The third-order valence-corrected chi connectivity index (χ3v) is 3.33. The lowest BCUT2D eigenvalue weighted by Gasteiger charge is -2.18. The van der Waals surface area contributed by atoms with Crippen LogP contribution in [0.5, 0.6) is 0 Å². The molecule has 1 atom stereocenters. The Morgan fingerprint density at radius 1 is 1.00 bits per heavy atom. The first-order valence-corrected chi connectivity index (χ1v) is 7.20. The van der Waals surface area contributed by atoms with Crippen molar-refractivity contribution in [2.45, 2.75) is 25.8 Å². The molecule has 0 unspecified atom stereocenters. The number of carbonyl (C=O) groups is 1. The monoisotopic (exact) mass is 267 g/mol. The molecule has 0 heterocycles. The van der Waals surface area contributed by atoms with E-state index in [0.717, 1.165) is 30.5 Å². The van der Waals surface area contributed by atoms with Gasteiger partial charge in [0.2, 0.25) is 0 Å². The van der Waals surface area contributed by atoms with Gasteiger partial charge in [0.1, 0.15) is 0 Å². The number of Topliss-reactive ketones (excluding diaryl/α,β-unsaturated/α-hetero) is 1. The first-order chi connectivity index (χ1) is 9.83. The van der Waals surface area contributed by atoms with Gasteiger partial charge in [0, 0.05) is 5.56 Å². The fourth-order valence-electron chi connectivity index (χ4n) is 2.20. The van der Waals surface area contributed by atoms with Crippen LogP contribution in [0.15, 0.2) is 60.7 Å². The van der Waals surface area contributed by atoms with Crippen molar-refractivity contribution < 1.29 is 4.79 Å². The zero-order valence-electron chi connectivity index (χ0n) is 11.9. The summed E-state index contributed by atoms with van der Waals surface area (Å²) in [4.78, 5) is 12.7. The normalized spacial score (nSPS) is 12.1. The van der Waals surface area contributed by atoms with Gasteiger partial charge in [0.05, 0.1) is 6.04 Å². The van der Waals surface area contributed by atoms with E-state index in [1.807, 2.05) is 60.7 Å². The second kappa shape index (κ2) is 7.61. The van der Waals surface area contributed by atoms with Crippen LogP contribution in [0, 0.1) is 0 Å². The largest absolute Gasteiger partial charge is 0.303 e. The standard InChI is InChI=1S/C18H21NO/c1-2-3-14-19-17(15-10-6-4-7-11-15)18(20)16-12-8-5-9-13-16/h4-13,17,19H,2-3,14H2,1H3/t17-/m1/s1. The lowest BCUT2D eigenvalue weighted by Crippen LogP contribution is -2.29. The highest BCUT2D eigenvalue weighted by atomic mass is 16.1. The summed E-state index contributed by atoms with van der Waals surface area (Å²) in [6.07, 6.45) is 2.19. The minimum atomic E-state index is -0.259. The van der Waals surface area contributed by atoms with E-state index < -0.39 is 0 Å². The minimum absolute atomic E-state index is 0.132. The van der Waals surface area contributed by atoms with E-state index in [-0.39, 0.29) is 11.8 Å². The summed E-state index contributed by atoms with van der Waals surface area (Å²) in [5.41, 5.74) is 1.78. The van der Waals surface area contributed by atoms with E-state index in [1.165, 1.54) is 0 Å². The molecule has 20 heavy (non-hydrogen) atoms. The van der Waals surface area contributed by atoms with Gasteiger partial charge in [-0.2, -0.15) is 0 Å². The van der Waals surface area contributed by atoms with Gasteiger partial charge >= 0.3 is 0 Å². The summed E-state index contributed by atoms with van der Waals surface area (Å²) < 4.78 is 0. The van der Waals surface area contributed by atoms with Gasteiger partial charge in [-0.25, -0.2) is 0 Å². The van der Waals surface area contributed by atoms with Gasteiger partial charge in [-0.15, -0.1) is 0 Å². The van der Waals surface area contributed by atoms with Gasteiger partial charge in [0.15, 0.2) is 5.78 Å². The Hall–Kier alpha value is -1.93. The van der Waals surface area contributed by atoms with Crippen LogP contribution in [0.4, 0.5) is 0 Å². The molecule has 0 aliphatic heterocycles. The lowest BCUT2D eigenvalue weighted by atomic mass is 9.97. The number of ketones is 1. The van der Waals surface area contributed by atoms with Crippen LogP contribution in [0.2, 0.25) is 0 Å². The third kappa shape index (κ3) is 3.78. The molecule has 1 N–H and O–H groups in total. The predicted molar refractivity (Wildman–Crippen MR) is 82.9 cm³/mol. The van der Waals surface area contributed by atoms with E-state index >= 15 is 0 Å². The summed E-state index contributed by atoms with van der Waals surface area (Å²) in [7, 11) is 0. The Labute approximate surface area is 120 Å². The Bertz CT molecular complexity index is 522. The average Bonchev–Trinajstić information content (AvgIpc) is 2.53. The molecule has 2 nitrogen and oxygen atoms in total. The van der Waals surface area contributed by atoms with Gasteiger partial charge in [-0.3, -0.25) is 4.79 Å². The molecule has 0 amide bonds. The van der Waals surface area contributed by atoms with Gasteiger partial charge in [0.25, 0.3) is 0 Å². The Kier molecular flexibility index (Phi) is 5.51. The van der Waals surface area contributed by atoms with E-state index in [1.54, 1.807) is 0 Å². The molecule has 2 rings (SSSR count). The maximum absolute atomic E-state index is 12.7. The number of rotatable bonds is 7. The molecule has 0 spiro atoms. The quantitative estimate of drug-likeness (QED) is 0.607. The highest BCUT2D eigenvalue weighted by molar-refractivity contribution is 6.00. The first kappa shape index (κ1) is 14.5. The molecular weight excluding hydrogens is 246 g/mol. The number of hydrogen-bond acceptors (Lipinski definition) is 2. The second-order valence-corrected chi connectivity index (χ2v) is 4.88. The fourth-order valence-corrected chi connectivity index (χ4v) is 2.20. The number of nitrogens with one attached hydrogen (secondary N) is 1. The van der Waals surface area contributed by atoms with Crippen LogP contribution < -0.4 is 5.32 Å². The first-order valence-electron chi connectivity index (χ1n) is 7.20. The topological polar surface area (TPSA) is 29.1 Å². The van der Waals surface area contributed by atoms with Crippen molar-refractivity contribution >= 4 is 5.78 Å². The molecule has 0 bridgehead atoms. The Morgan fingerprint density at radius 2 is 1.60 bits per heavy atom. The number of carbonyl (C=O) groups excluding carboxylic acids is 1. The third-order valence-electron chi connectivity index (χ3n) is 3.33. The van der Waals surface area contributed by atoms with Crippen molar-refractivity contribution in [2.24, 2.45) is 0 Å². The molecule has 0 radical (unpaired) electrons. The molecule has 2 aromatic carbocycles. The van der Waals surface area contributed by atoms with Crippen molar-refractivity contribution in [1.29, 1.82) is 0 Å². The Morgan fingerprint density at radius 3 is 2.20 bits per heavy atom. The van der Waals surface area contributed by atoms with Crippen molar-refractivity contribution in [2.75, 3.05) is 6.54 Å². The predicted octanol–water partition coefficient (Wildman–Crippen LogP) is 4.00. The molecule has 0 saturated heterocycles. The smallest absolute Gasteiger partial charge is 0.184 e. The number of benzene rings is 2. The molecule has 2 heteroatoms. The van der Waals surface area contributed by atoms with Crippen molar-refractivity contribution in [3.05, 3.63) is 71.8 Å². The van der Waals surface area contributed by atoms with Crippen molar-refractivity contribution in [1.82, 2.24) is 5.32 Å². The van der Waals surface area contributed by atoms with E-state index in [9.17, 15) is 4.79 Å². The molecular formula is C18H21NO. The van der Waals surface area contributed by atoms with Crippen LogP contribution in [0.1, 0.15) is 41.7 Å². The van der Waals surface area contributed by atoms with Crippen LogP contribution in [0.3, 0.4) is 0 Å². The van der Waals surface area contributed by atoms with Crippen LogP contribution in [-0.4, -0.2) is 12.3 Å². The van der Waals surface area contributed by atoms with E-state index in [2.05, 4.69) is 12.2 Å². The maximum atomic E-state index is 12.7. The SMILES string of the molecule is CCCCN[C@@H](C(=O)c1ccccc1)c1ccccc1. The molecule has 0 aliphatic rings. The number of unbranched alkanes of at least 4 members (excludes halogenated alkanes) is 1. The van der Waals surface area contributed by atoms with Crippen molar-refractivity contribution in [3.8, 4) is 0 Å². The van der Waals surface area contributed by atoms with Crippen LogP contribution in [-0.2, 0) is 0 Å². The maximum Gasteiger partial charge on any atom is 0.184 e. The van der Waals surface area contributed by atoms with Crippen LogP contribution >= 0.6 is 0 Å². The van der Waals surface area contributed by atoms with E-state index in [4.69, 9.17) is 0 Å². The molecule has 0 aromatic heterocycles. The minimum Gasteiger partial charge on any atom is -0.303 e. The summed E-state index contributed by atoms with van der Waals surface area (Å²) in [6, 6.07) is 19.2. The van der Waals surface area contributed by atoms with Gasteiger partial charge in [-0.05, 0) is 18.5 Å². The van der Waals surface area contributed by atoms with Gasteiger partial charge in [-0.1, -0.05) is 74.0 Å². The summed E-state index contributed by atoms with van der Waals surface area (Å²) >= 11 is 0. The highest BCUT2D eigenvalue weighted by Crippen LogP contribution is 2.18. The van der Waals surface area contributed by atoms with Gasteiger partial charge < -0.3 is 5.32 Å². The van der Waals surface area contributed by atoms with Crippen molar-refractivity contribution in [3.63, 3.8) is 0 Å². The zero-order valence-corrected chi connectivity index (χ0v) is 11.9. The molecule has 0 saturated carbocycles. The summed E-state index contributed by atoms with van der Waals surface area (Å²) in [5, 5.41) is 3.39. The molecule has 0 aliphatic carbocycles. The molecule has 104 valence electrons. The lowest BCUT2D eigenvalue weighted by molar-refractivity contribution is 0.0943. The fraction of sp³-hybridized carbons (Fsp3) is 0.278. The molecule has 2 aromatic rings. The summed E-state index contributed by atoms with van der Waals surface area (Å²) in [6.45, 7) is 3.01. The Balaban J connectivity index is 2.20. The van der Waals surface area contributed by atoms with Crippen LogP contribution in [0.25, 0.3) is 0 Å².